The fraction of sp³-hybridized carbons (Fsp3) is 0. The van der Waals surface area contributed by atoms with E-state index in [0.29, 0.717) is 6.08 Å². The Morgan fingerprint density at radius 1 is 1.11 bits per heavy atom. The van der Waals surface area contributed by atoms with Crippen molar-refractivity contribution in [3.05, 3.63) is 24.8 Å². The van der Waals surface area contributed by atoms with Crippen LogP contribution in [0, 0.1) is 0 Å². The summed E-state index contributed by atoms with van der Waals surface area (Å²) in [4.78, 5) is 47.2. The standard InChI is InChI=1S/C9H8N4O6/c10-8(16)18-6(14)3-5(7(15)19-9(11)17)13-2-1-12-4-13/h1-4H,(H2,10,16)(H2,11,17)/b5-3-. The maximum atomic E-state index is 11.5. The highest BCUT2D eigenvalue weighted by Crippen LogP contribution is 2.07. The molecule has 0 spiro atoms. The molecule has 0 saturated heterocycles. The van der Waals surface area contributed by atoms with Crippen LogP contribution >= 0.6 is 0 Å². The van der Waals surface area contributed by atoms with Crippen LogP contribution in [0.25, 0.3) is 5.70 Å². The van der Waals surface area contributed by atoms with Crippen LogP contribution in [-0.4, -0.2) is 33.7 Å². The molecule has 0 radical (unpaired) electrons. The van der Waals surface area contributed by atoms with E-state index in [-0.39, 0.29) is 0 Å². The molecule has 0 unspecified atom stereocenters. The average Bonchev–Trinajstić information content (AvgIpc) is 2.76. The van der Waals surface area contributed by atoms with Gasteiger partial charge in [-0.25, -0.2) is 24.2 Å². The van der Waals surface area contributed by atoms with Crippen LogP contribution in [0.2, 0.25) is 0 Å². The predicted octanol–water partition coefficient (Wildman–Crippen LogP) is -1.03. The molecule has 100 valence electrons. The van der Waals surface area contributed by atoms with Crippen molar-refractivity contribution in [1.29, 1.82) is 0 Å². The summed E-state index contributed by atoms with van der Waals surface area (Å²) in [5, 5.41) is 0. The SMILES string of the molecule is NC(=O)OC(=O)/C=C(/C(=O)OC(N)=O)n1ccnc1. The number of rotatable bonds is 3. The van der Waals surface area contributed by atoms with Gasteiger partial charge in [-0.15, -0.1) is 0 Å². The molecule has 0 saturated carbocycles. The summed E-state index contributed by atoms with van der Waals surface area (Å²) in [6, 6.07) is 0. The Labute approximate surface area is 105 Å². The van der Waals surface area contributed by atoms with Gasteiger partial charge in [0.05, 0.1) is 12.4 Å². The van der Waals surface area contributed by atoms with E-state index in [1.807, 2.05) is 0 Å². The number of imidazole rings is 1. The molecule has 4 N–H and O–H groups in total. The number of nitrogens with two attached hydrogens (primary N) is 2. The molecule has 19 heavy (non-hydrogen) atoms. The summed E-state index contributed by atoms with van der Waals surface area (Å²) in [7, 11) is 0. The highest BCUT2D eigenvalue weighted by molar-refractivity contribution is 6.17. The van der Waals surface area contributed by atoms with Crippen LogP contribution in [0.4, 0.5) is 9.59 Å². The van der Waals surface area contributed by atoms with Gasteiger partial charge in [-0.2, -0.15) is 0 Å². The molecule has 0 aliphatic rings. The normalized spacial score (nSPS) is 10.6. The zero-order valence-corrected chi connectivity index (χ0v) is 9.31. The zero-order chi connectivity index (χ0) is 14.4. The molecule has 1 aromatic heterocycles. The summed E-state index contributed by atoms with van der Waals surface area (Å²) in [6.45, 7) is 0. The first-order valence-corrected chi connectivity index (χ1v) is 4.63. The first-order chi connectivity index (χ1) is 8.90. The number of esters is 2. The van der Waals surface area contributed by atoms with Gasteiger partial charge in [-0.3, -0.25) is 4.57 Å². The molecule has 0 aromatic carbocycles. The number of aromatic nitrogens is 2. The van der Waals surface area contributed by atoms with Gasteiger partial charge in [0.2, 0.25) is 0 Å². The summed E-state index contributed by atoms with van der Waals surface area (Å²) in [5.74, 6) is -2.45. The van der Waals surface area contributed by atoms with Gasteiger partial charge in [0.15, 0.2) is 0 Å². The smallest absolute Gasteiger partial charge is 0.373 e. The van der Waals surface area contributed by atoms with E-state index >= 15 is 0 Å². The van der Waals surface area contributed by atoms with Crippen molar-refractivity contribution in [2.75, 3.05) is 0 Å². The van der Waals surface area contributed by atoms with Gasteiger partial charge in [0.1, 0.15) is 5.70 Å². The van der Waals surface area contributed by atoms with Crippen LogP contribution in [0.5, 0.6) is 0 Å². The third-order valence-corrected chi connectivity index (χ3v) is 1.64. The highest BCUT2D eigenvalue weighted by Gasteiger charge is 2.18. The molecule has 10 heteroatoms. The quantitative estimate of drug-likeness (QED) is 0.403. The largest absolute Gasteiger partial charge is 0.412 e. The van der Waals surface area contributed by atoms with Crippen molar-refractivity contribution in [3.63, 3.8) is 0 Å². The lowest BCUT2D eigenvalue weighted by Crippen LogP contribution is -2.23. The fourth-order valence-electron chi connectivity index (χ4n) is 1.02. The number of amides is 2. The van der Waals surface area contributed by atoms with Gasteiger partial charge in [0.25, 0.3) is 0 Å². The summed E-state index contributed by atoms with van der Waals surface area (Å²) in [5.41, 5.74) is 8.85. The van der Waals surface area contributed by atoms with E-state index in [1.165, 1.54) is 12.4 Å². The van der Waals surface area contributed by atoms with Crippen molar-refractivity contribution >= 4 is 29.8 Å². The van der Waals surface area contributed by atoms with Gasteiger partial charge >= 0.3 is 24.1 Å². The van der Waals surface area contributed by atoms with Gasteiger partial charge in [-0.05, 0) is 0 Å². The van der Waals surface area contributed by atoms with Crippen molar-refractivity contribution in [1.82, 2.24) is 9.55 Å². The lowest BCUT2D eigenvalue weighted by atomic mass is 10.4. The topological polar surface area (TPSA) is 157 Å². The number of ether oxygens (including phenoxy) is 2. The molecule has 10 nitrogen and oxygen atoms in total. The van der Waals surface area contributed by atoms with Crippen LogP contribution in [0.1, 0.15) is 0 Å². The van der Waals surface area contributed by atoms with Crippen LogP contribution in [0.3, 0.4) is 0 Å². The second-order valence-electron chi connectivity index (χ2n) is 2.95. The minimum atomic E-state index is -1.36. The van der Waals surface area contributed by atoms with E-state index in [2.05, 4.69) is 25.9 Å². The lowest BCUT2D eigenvalue weighted by Gasteiger charge is -2.05. The first-order valence-electron chi connectivity index (χ1n) is 4.63. The molecule has 2 amide bonds. The Hall–Kier alpha value is -3.17. The van der Waals surface area contributed by atoms with E-state index in [9.17, 15) is 19.2 Å². The maximum absolute atomic E-state index is 11.5. The molecule has 1 heterocycles. The number of nitrogens with zero attached hydrogens (tertiary/aromatic N) is 2. The van der Waals surface area contributed by atoms with Crippen molar-refractivity contribution < 1.29 is 28.7 Å². The Morgan fingerprint density at radius 2 is 1.74 bits per heavy atom. The Bertz CT molecular complexity index is 547. The van der Waals surface area contributed by atoms with Crippen LogP contribution in [0.15, 0.2) is 24.8 Å². The number of carbonyl (C=O) groups excluding carboxylic acids is 4. The van der Waals surface area contributed by atoms with E-state index in [0.717, 1.165) is 10.9 Å². The Balaban J connectivity index is 3.03. The van der Waals surface area contributed by atoms with Gasteiger partial charge in [-0.1, -0.05) is 0 Å². The zero-order valence-electron chi connectivity index (χ0n) is 9.31. The summed E-state index contributed by atoms with van der Waals surface area (Å²) >= 11 is 0. The third kappa shape index (κ3) is 4.30. The second kappa shape index (κ2) is 5.95. The number of carbonyl (C=O) groups is 4. The molecule has 0 aliphatic heterocycles. The number of hydrogen-bond donors (Lipinski definition) is 2. The average molecular weight is 268 g/mol. The van der Waals surface area contributed by atoms with E-state index in [1.54, 1.807) is 0 Å². The summed E-state index contributed by atoms with van der Waals surface area (Å²) < 4.78 is 9.15. The number of primary amides is 2. The molecule has 0 atom stereocenters. The molecular formula is C9H8N4O6. The minimum Gasteiger partial charge on any atom is -0.373 e. The molecule has 0 fully saturated rings. The first kappa shape index (κ1) is 13.9. The van der Waals surface area contributed by atoms with Gasteiger partial charge < -0.3 is 20.9 Å². The summed E-state index contributed by atoms with van der Waals surface area (Å²) in [6.07, 6.45) is 1.61. The molecular weight excluding hydrogens is 260 g/mol. The predicted molar refractivity (Wildman–Crippen MR) is 57.9 cm³/mol. The minimum absolute atomic E-state index is 0.442. The molecule has 1 rings (SSSR count). The third-order valence-electron chi connectivity index (χ3n) is 1.64. The van der Waals surface area contributed by atoms with Gasteiger partial charge in [0, 0.05) is 12.4 Å². The monoisotopic (exact) mass is 268 g/mol. The van der Waals surface area contributed by atoms with Crippen molar-refractivity contribution in [2.45, 2.75) is 0 Å². The number of hydrogen-bond acceptors (Lipinski definition) is 7. The highest BCUT2D eigenvalue weighted by atomic mass is 16.6. The maximum Gasteiger partial charge on any atom is 0.412 e. The van der Waals surface area contributed by atoms with Crippen LogP contribution < -0.4 is 11.5 Å². The Kier molecular flexibility index (Phi) is 4.35. The lowest BCUT2D eigenvalue weighted by molar-refractivity contribution is -0.133. The fourth-order valence-corrected chi connectivity index (χ4v) is 1.02. The second-order valence-corrected chi connectivity index (χ2v) is 2.95. The van der Waals surface area contributed by atoms with Crippen LogP contribution in [-0.2, 0) is 19.1 Å². The van der Waals surface area contributed by atoms with Crippen molar-refractivity contribution in [3.8, 4) is 0 Å². The molecule has 0 aliphatic carbocycles. The van der Waals surface area contributed by atoms with E-state index < -0.39 is 29.8 Å². The molecule has 1 aromatic rings. The van der Waals surface area contributed by atoms with Crippen molar-refractivity contribution in [2.24, 2.45) is 11.5 Å². The molecule has 0 bridgehead atoms. The Morgan fingerprint density at radius 3 is 2.21 bits per heavy atom. The van der Waals surface area contributed by atoms with E-state index in [4.69, 9.17) is 0 Å².